The van der Waals surface area contributed by atoms with Crippen molar-refractivity contribution in [3.63, 3.8) is 0 Å². The van der Waals surface area contributed by atoms with E-state index >= 15 is 0 Å². The summed E-state index contributed by atoms with van der Waals surface area (Å²) < 4.78 is 74.2. The van der Waals surface area contributed by atoms with Crippen molar-refractivity contribution in [1.82, 2.24) is 19.7 Å². The van der Waals surface area contributed by atoms with E-state index in [9.17, 15) is 38.0 Å². The molecule has 1 aliphatic carbocycles. The number of anilines is 1. The number of fused-ring (bicyclic) bond motifs is 1. The Morgan fingerprint density at radius 1 is 1.34 bits per heavy atom. The second-order valence-electron chi connectivity index (χ2n) is 9.88. The van der Waals surface area contributed by atoms with Gasteiger partial charge in [0.25, 0.3) is 0 Å². The summed E-state index contributed by atoms with van der Waals surface area (Å²) in [6, 6.07) is 3.17. The van der Waals surface area contributed by atoms with Crippen LogP contribution < -0.4 is 10.8 Å². The summed E-state index contributed by atoms with van der Waals surface area (Å²) in [6.45, 7) is -1.94. The lowest BCUT2D eigenvalue weighted by atomic mass is 9.96. The number of aliphatic hydroxyl groups is 2. The normalized spacial score (nSPS) is 27.8. The molecule has 4 rings (SSSR count). The van der Waals surface area contributed by atoms with Crippen molar-refractivity contribution >= 4 is 25.1 Å². The Hall–Kier alpha value is -2.84. The lowest BCUT2D eigenvalue weighted by molar-refractivity contribution is -0.157. The number of carbonyl (C=O) groups is 1. The minimum atomic E-state index is -5.00. The number of esters is 1. The van der Waals surface area contributed by atoms with Crippen molar-refractivity contribution in [1.29, 1.82) is 5.26 Å². The van der Waals surface area contributed by atoms with Gasteiger partial charge in [0, 0.05) is 0 Å². The fourth-order valence-electron chi connectivity index (χ4n) is 4.67. The number of rotatable bonds is 10. The highest BCUT2D eigenvalue weighted by Gasteiger charge is 2.57. The number of aromatic nitrogens is 3. The fourth-order valence-corrected chi connectivity index (χ4v) is 6.15. The number of nitrogens with zero attached hydrogens (tertiary/aromatic N) is 4. The summed E-state index contributed by atoms with van der Waals surface area (Å²) in [7, 11) is -5.00. The highest BCUT2D eigenvalue weighted by atomic mass is 31.2. The zero-order valence-electron chi connectivity index (χ0n) is 21.9. The van der Waals surface area contributed by atoms with Crippen LogP contribution in [0.4, 0.5) is 19.0 Å². The summed E-state index contributed by atoms with van der Waals surface area (Å²) in [6.07, 6.45) is -5.37. The summed E-state index contributed by atoms with van der Waals surface area (Å²) in [5.41, 5.74) is 3.89. The monoisotopic (exact) mass is 606 g/mol. The van der Waals surface area contributed by atoms with Crippen LogP contribution in [0, 0.1) is 11.3 Å². The second-order valence-corrected chi connectivity index (χ2v) is 11.7. The molecule has 2 aromatic heterocycles. The van der Waals surface area contributed by atoms with E-state index in [0.29, 0.717) is 18.4 Å². The van der Waals surface area contributed by atoms with Crippen molar-refractivity contribution in [2.45, 2.75) is 81.3 Å². The molecule has 0 amide bonds. The third kappa shape index (κ3) is 6.97. The Bertz CT molecular complexity index is 1330. The molecule has 2 aliphatic rings. The first-order valence-electron chi connectivity index (χ1n) is 12.7. The molecule has 2 fully saturated rings. The maximum absolute atomic E-state index is 13.4. The van der Waals surface area contributed by atoms with Crippen LogP contribution in [0.3, 0.4) is 0 Å². The van der Waals surface area contributed by atoms with Gasteiger partial charge in [-0.15, -0.1) is 0 Å². The zero-order valence-corrected chi connectivity index (χ0v) is 22.8. The first kappa shape index (κ1) is 31.1. The van der Waals surface area contributed by atoms with Crippen molar-refractivity contribution in [3.8, 4) is 6.07 Å². The number of halogens is 3. The van der Waals surface area contributed by atoms with Crippen LogP contribution >= 0.6 is 7.75 Å². The van der Waals surface area contributed by atoms with Crippen LogP contribution in [0.2, 0.25) is 0 Å². The van der Waals surface area contributed by atoms with Gasteiger partial charge in [0.15, 0.2) is 12.4 Å². The van der Waals surface area contributed by atoms with Gasteiger partial charge in [0.05, 0.1) is 5.69 Å². The van der Waals surface area contributed by atoms with Gasteiger partial charge in [0.1, 0.15) is 55.0 Å². The minimum absolute atomic E-state index is 0.0964. The van der Waals surface area contributed by atoms with E-state index in [-0.39, 0.29) is 17.6 Å². The molecule has 0 radical (unpaired) electrons. The quantitative estimate of drug-likeness (QED) is 0.226. The van der Waals surface area contributed by atoms with Gasteiger partial charge < -0.3 is 25.4 Å². The standard InChI is InChI=1S/C23H30F3N6O8P/c1-13(21(35)39-14-5-3-2-4-6-14)31-41(36,38-11-23(24,25)26)37-10-22(9-27)19(34)17(33)18(40-22)15-7-8-16-20(28)29-12-30-32(15)16/h7-8,12-14,17-19,33-34H,2-6,10-11H2,1H3,(H,31,36)(H2,28,29,30)/t13-,17-,18-,19-,22+,41?/m0/s1. The molecule has 1 aliphatic heterocycles. The Morgan fingerprint density at radius 2 is 2.05 bits per heavy atom. The highest BCUT2D eigenvalue weighted by molar-refractivity contribution is 7.51. The fraction of sp³-hybridized carbons (Fsp3) is 0.652. The lowest BCUT2D eigenvalue weighted by Crippen LogP contribution is -2.46. The molecular formula is C23H30F3N6O8P. The zero-order chi connectivity index (χ0) is 30.0. The van der Waals surface area contributed by atoms with Crippen LogP contribution in [0.1, 0.15) is 50.8 Å². The van der Waals surface area contributed by atoms with Crippen LogP contribution in [-0.4, -0.2) is 80.1 Å². The Kier molecular flexibility index (Phi) is 9.24. The van der Waals surface area contributed by atoms with E-state index in [1.165, 1.54) is 23.6 Å². The maximum Gasteiger partial charge on any atom is 0.412 e. The van der Waals surface area contributed by atoms with Gasteiger partial charge in [-0.25, -0.2) is 19.2 Å². The average molecular weight is 606 g/mol. The van der Waals surface area contributed by atoms with Crippen LogP contribution in [0.25, 0.3) is 5.52 Å². The number of nitrogen functional groups attached to an aromatic ring is 1. The van der Waals surface area contributed by atoms with Crippen LogP contribution in [0.15, 0.2) is 18.5 Å². The van der Waals surface area contributed by atoms with E-state index in [0.717, 1.165) is 25.6 Å². The summed E-state index contributed by atoms with van der Waals surface area (Å²) in [5.74, 6) is -0.792. The molecule has 1 saturated heterocycles. The lowest BCUT2D eigenvalue weighted by Gasteiger charge is -2.29. The smallest absolute Gasteiger partial charge is 0.412 e. The van der Waals surface area contributed by atoms with E-state index in [4.69, 9.17) is 19.7 Å². The molecule has 41 heavy (non-hydrogen) atoms. The van der Waals surface area contributed by atoms with Crippen LogP contribution in [-0.2, 0) is 27.9 Å². The first-order chi connectivity index (χ1) is 19.3. The molecule has 6 atom stereocenters. The minimum Gasteiger partial charge on any atom is -0.461 e. The van der Waals surface area contributed by atoms with Crippen molar-refractivity contribution < 1.29 is 51.3 Å². The molecule has 14 nitrogen and oxygen atoms in total. The Morgan fingerprint density at radius 3 is 2.71 bits per heavy atom. The van der Waals surface area contributed by atoms with Gasteiger partial charge in [-0.3, -0.25) is 13.8 Å². The number of hydrogen-bond donors (Lipinski definition) is 4. The maximum atomic E-state index is 13.4. The van der Waals surface area contributed by atoms with Gasteiger partial charge in [-0.1, -0.05) is 6.42 Å². The van der Waals surface area contributed by atoms with Gasteiger partial charge in [-0.2, -0.15) is 23.5 Å². The predicted molar refractivity (Wildman–Crippen MR) is 133 cm³/mol. The third-order valence-corrected chi connectivity index (χ3v) is 8.47. The van der Waals surface area contributed by atoms with Gasteiger partial charge >= 0.3 is 19.9 Å². The summed E-state index contributed by atoms with van der Waals surface area (Å²) in [5, 5.41) is 37.5. The average Bonchev–Trinajstić information content (AvgIpc) is 3.47. The van der Waals surface area contributed by atoms with E-state index in [1.54, 1.807) is 6.07 Å². The summed E-state index contributed by atoms with van der Waals surface area (Å²) >= 11 is 0. The third-order valence-electron chi connectivity index (χ3n) is 6.83. The Labute approximate surface area is 232 Å². The topological polar surface area (TPSA) is 204 Å². The SMILES string of the molecule is C[C@H](NP(=O)(OCC(F)(F)F)OC[C@@]1(C#N)O[C@@H](c2ccc3c(N)ncnn23)[C@H](O)[C@@H]1O)C(=O)OC1CCCCC1. The molecule has 226 valence electrons. The molecule has 1 saturated carbocycles. The molecule has 2 aromatic rings. The molecule has 0 bridgehead atoms. The van der Waals surface area contributed by atoms with Crippen molar-refractivity contribution in [3.05, 3.63) is 24.2 Å². The molecule has 5 N–H and O–H groups in total. The number of nitrogens with two attached hydrogens (primary N) is 1. The van der Waals surface area contributed by atoms with E-state index in [2.05, 4.69) is 19.7 Å². The Balaban J connectivity index is 1.51. The summed E-state index contributed by atoms with van der Waals surface area (Å²) in [4.78, 5) is 16.4. The number of hydrogen-bond acceptors (Lipinski definition) is 12. The first-order valence-corrected chi connectivity index (χ1v) is 14.3. The van der Waals surface area contributed by atoms with E-state index in [1.807, 2.05) is 0 Å². The highest BCUT2D eigenvalue weighted by Crippen LogP contribution is 2.49. The number of ether oxygens (including phenoxy) is 2. The van der Waals surface area contributed by atoms with E-state index < -0.39 is 63.1 Å². The second kappa shape index (κ2) is 12.2. The molecule has 0 spiro atoms. The largest absolute Gasteiger partial charge is 0.461 e. The number of alkyl halides is 3. The number of carbonyl (C=O) groups excluding carboxylic acids is 1. The van der Waals surface area contributed by atoms with Gasteiger partial charge in [0.2, 0.25) is 5.60 Å². The van der Waals surface area contributed by atoms with Crippen molar-refractivity contribution in [2.75, 3.05) is 18.9 Å². The van der Waals surface area contributed by atoms with Gasteiger partial charge in [-0.05, 0) is 44.7 Å². The predicted octanol–water partition coefficient (Wildman–Crippen LogP) is 1.92. The molecule has 0 aromatic carbocycles. The molecule has 1 unspecified atom stereocenters. The molecule has 18 heteroatoms. The van der Waals surface area contributed by atoms with Crippen molar-refractivity contribution in [2.24, 2.45) is 0 Å². The molecule has 3 heterocycles. The number of nitriles is 1. The van der Waals surface area contributed by atoms with Crippen LogP contribution in [0.5, 0.6) is 0 Å². The number of aliphatic hydroxyl groups excluding tert-OH is 2. The molecular weight excluding hydrogens is 576 g/mol. The number of nitrogens with one attached hydrogen (secondary N) is 1.